The van der Waals surface area contributed by atoms with Crippen LogP contribution in [0.4, 0.5) is 5.69 Å². The van der Waals surface area contributed by atoms with Crippen molar-refractivity contribution in [3.05, 3.63) is 54.0 Å². The zero-order chi connectivity index (χ0) is 15.2. The van der Waals surface area contributed by atoms with Crippen LogP contribution in [0.5, 0.6) is 0 Å². The zero-order valence-corrected chi connectivity index (χ0v) is 12.1. The van der Waals surface area contributed by atoms with Crippen LogP contribution in [-0.4, -0.2) is 17.9 Å². The van der Waals surface area contributed by atoms with Crippen LogP contribution >= 0.6 is 0 Å². The normalized spacial score (nSPS) is 11.7. The third-order valence-corrected chi connectivity index (χ3v) is 3.14. The Labute approximate surface area is 123 Å². The molecule has 2 aromatic rings. The van der Waals surface area contributed by atoms with Crippen LogP contribution in [0.3, 0.4) is 0 Å². The maximum absolute atomic E-state index is 11.9. The number of carbonyl (C=O) groups is 2. The Balaban J connectivity index is 1.99. The van der Waals surface area contributed by atoms with Crippen molar-refractivity contribution in [2.24, 2.45) is 0 Å². The number of nitrogens with one attached hydrogen (secondary N) is 2. The van der Waals surface area contributed by atoms with Crippen LogP contribution in [0.15, 0.2) is 47.1 Å². The maximum atomic E-state index is 11.9. The Morgan fingerprint density at radius 2 is 1.86 bits per heavy atom. The molecule has 2 amide bonds. The molecular formula is C16H18N2O3. The van der Waals surface area contributed by atoms with E-state index in [2.05, 4.69) is 10.6 Å². The minimum Gasteiger partial charge on any atom is -0.459 e. The lowest BCUT2D eigenvalue weighted by molar-refractivity contribution is 0.0938. The Morgan fingerprint density at radius 3 is 2.43 bits per heavy atom. The molecule has 0 saturated carbocycles. The van der Waals surface area contributed by atoms with E-state index in [-0.39, 0.29) is 23.6 Å². The predicted octanol–water partition coefficient (Wildman–Crippen LogP) is 3.06. The monoisotopic (exact) mass is 286 g/mol. The van der Waals surface area contributed by atoms with E-state index < -0.39 is 0 Å². The highest BCUT2D eigenvalue weighted by Gasteiger charge is 2.10. The number of furan rings is 1. The van der Waals surface area contributed by atoms with Crippen molar-refractivity contribution in [1.29, 1.82) is 0 Å². The topological polar surface area (TPSA) is 71.3 Å². The Bertz CT molecular complexity index is 603. The third kappa shape index (κ3) is 3.95. The van der Waals surface area contributed by atoms with Crippen molar-refractivity contribution in [3.63, 3.8) is 0 Å². The van der Waals surface area contributed by atoms with E-state index in [9.17, 15) is 9.59 Å². The molecule has 2 N–H and O–H groups in total. The van der Waals surface area contributed by atoms with Crippen LogP contribution in [0.2, 0.25) is 0 Å². The summed E-state index contributed by atoms with van der Waals surface area (Å²) in [5.41, 5.74) is 1.17. The van der Waals surface area contributed by atoms with Crippen molar-refractivity contribution in [3.8, 4) is 0 Å². The second-order valence-corrected chi connectivity index (χ2v) is 4.79. The molecule has 0 unspecified atom stereocenters. The quantitative estimate of drug-likeness (QED) is 0.887. The van der Waals surface area contributed by atoms with Gasteiger partial charge in [0.25, 0.3) is 11.8 Å². The first kappa shape index (κ1) is 14.8. The van der Waals surface area contributed by atoms with Gasteiger partial charge in [-0.3, -0.25) is 9.59 Å². The summed E-state index contributed by atoms with van der Waals surface area (Å²) in [5.74, 6) is -0.196. The first-order valence-electron chi connectivity index (χ1n) is 6.86. The summed E-state index contributed by atoms with van der Waals surface area (Å²) in [5, 5.41) is 5.59. The summed E-state index contributed by atoms with van der Waals surface area (Å²) >= 11 is 0. The van der Waals surface area contributed by atoms with Gasteiger partial charge >= 0.3 is 0 Å². The molecule has 0 bridgehead atoms. The molecule has 0 aliphatic rings. The molecule has 110 valence electrons. The molecule has 0 radical (unpaired) electrons. The smallest absolute Gasteiger partial charge is 0.291 e. The number of hydrogen-bond acceptors (Lipinski definition) is 3. The van der Waals surface area contributed by atoms with E-state index in [0.717, 1.165) is 6.42 Å². The minimum absolute atomic E-state index is 0.117. The van der Waals surface area contributed by atoms with Crippen LogP contribution in [-0.2, 0) is 0 Å². The van der Waals surface area contributed by atoms with Crippen LogP contribution in [0.1, 0.15) is 41.2 Å². The molecule has 1 aromatic carbocycles. The number of anilines is 1. The molecule has 1 atom stereocenters. The van der Waals surface area contributed by atoms with Crippen molar-refractivity contribution >= 4 is 17.5 Å². The van der Waals surface area contributed by atoms with Crippen LogP contribution in [0, 0.1) is 0 Å². The third-order valence-electron chi connectivity index (χ3n) is 3.14. The van der Waals surface area contributed by atoms with Gasteiger partial charge in [-0.05, 0) is 49.7 Å². The lowest BCUT2D eigenvalue weighted by Gasteiger charge is -2.11. The SMILES string of the molecule is CC[C@@H](C)NC(=O)c1ccc(NC(=O)c2ccco2)cc1. The lowest BCUT2D eigenvalue weighted by atomic mass is 10.1. The van der Waals surface area contributed by atoms with Crippen molar-refractivity contribution < 1.29 is 14.0 Å². The molecule has 1 heterocycles. The van der Waals surface area contributed by atoms with Gasteiger partial charge in [-0.25, -0.2) is 0 Å². The fraction of sp³-hybridized carbons (Fsp3) is 0.250. The zero-order valence-electron chi connectivity index (χ0n) is 12.1. The summed E-state index contributed by atoms with van der Waals surface area (Å²) in [4.78, 5) is 23.7. The number of rotatable bonds is 5. The van der Waals surface area contributed by atoms with Crippen LogP contribution in [0.25, 0.3) is 0 Å². The fourth-order valence-electron chi connectivity index (χ4n) is 1.71. The summed E-state index contributed by atoms with van der Waals surface area (Å²) in [6.45, 7) is 3.97. The molecule has 5 heteroatoms. The highest BCUT2D eigenvalue weighted by atomic mass is 16.3. The fourth-order valence-corrected chi connectivity index (χ4v) is 1.71. The highest BCUT2D eigenvalue weighted by Crippen LogP contribution is 2.12. The van der Waals surface area contributed by atoms with Gasteiger partial charge in [0, 0.05) is 17.3 Å². The molecule has 2 rings (SSSR count). The molecule has 0 aliphatic heterocycles. The highest BCUT2D eigenvalue weighted by molar-refractivity contribution is 6.02. The van der Waals surface area contributed by atoms with Gasteiger partial charge in [0.05, 0.1) is 6.26 Å². The van der Waals surface area contributed by atoms with Gasteiger partial charge in [0.2, 0.25) is 0 Å². The summed E-state index contributed by atoms with van der Waals surface area (Å²) in [6.07, 6.45) is 2.32. The van der Waals surface area contributed by atoms with Crippen molar-refractivity contribution in [2.75, 3.05) is 5.32 Å². The molecule has 0 aliphatic carbocycles. The average Bonchev–Trinajstić information content (AvgIpc) is 3.02. The summed E-state index contributed by atoms with van der Waals surface area (Å²) in [7, 11) is 0. The van der Waals surface area contributed by atoms with E-state index >= 15 is 0 Å². The number of amides is 2. The molecular weight excluding hydrogens is 268 g/mol. The van der Waals surface area contributed by atoms with Gasteiger partial charge in [-0.15, -0.1) is 0 Å². The molecule has 0 fully saturated rings. The first-order valence-corrected chi connectivity index (χ1v) is 6.86. The number of benzene rings is 1. The first-order chi connectivity index (χ1) is 10.1. The van der Waals surface area contributed by atoms with Gasteiger partial charge in [-0.1, -0.05) is 6.92 Å². The predicted molar refractivity (Wildman–Crippen MR) is 80.3 cm³/mol. The van der Waals surface area contributed by atoms with E-state index in [1.54, 1.807) is 36.4 Å². The summed E-state index contributed by atoms with van der Waals surface area (Å²) < 4.78 is 5.01. The van der Waals surface area contributed by atoms with E-state index in [1.807, 2.05) is 13.8 Å². The number of hydrogen-bond donors (Lipinski definition) is 2. The van der Waals surface area contributed by atoms with Gasteiger partial charge < -0.3 is 15.1 Å². The molecule has 5 nitrogen and oxygen atoms in total. The maximum Gasteiger partial charge on any atom is 0.291 e. The minimum atomic E-state index is -0.322. The standard InChI is InChI=1S/C16H18N2O3/c1-3-11(2)17-15(19)12-6-8-13(9-7-12)18-16(20)14-5-4-10-21-14/h4-11H,3H2,1-2H3,(H,17,19)(H,18,20)/t11-/m1/s1. The Kier molecular flexibility index (Phi) is 4.77. The summed E-state index contributed by atoms with van der Waals surface area (Å²) in [6, 6.07) is 10.1. The Morgan fingerprint density at radius 1 is 1.14 bits per heavy atom. The van der Waals surface area contributed by atoms with E-state index in [1.165, 1.54) is 6.26 Å². The lowest BCUT2D eigenvalue weighted by Crippen LogP contribution is -2.31. The second-order valence-electron chi connectivity index (χ2n) is 4.79. The van der Waals surface area contributed by atoms with Gasteiger partial charge in [0.1, 0.15) is 0 Å². The molecule has 1 aromatic heterocycles. The van der Waals surface area contributed by atoms with Crippen molar-refractivity contribution in [1.82, 2.24) is 5.32 Å². The largest absolute Gasteiger partial charge is 0.459 e. The number of carbonyl (C=O) groups excluding carboxylic acids is 2. The van der Waals surface area contributed by atoms with E-state index in [0.29, 0.717) is 11.3 Å². The van der Waals surface area contributed by atoms with Crippen molar-refractivity contribution in [2.45, 2.75) is 26.3 Å². The molecule has 0 saturated heterocycles. The average molecular weight is 286 g/mol. The molecule has 21 heavy (non-hydrogen) atoms. The second kappa shape index (κ2) is 6.74. The van der Waals surface area contributed by atoms with Gasteiger partial charge in [-0.2, -0.15) is 0 Å². The molecule has 0 spiro atoms. The van der Waals surface area contributed by atoms with Gasteiger partial charge in [0.15, 0.2) is 5.76 Å². The van der Waals surface area contributed by atoms with E-state index in [4.69, 9.17) is 4.42 Å². The Hall–Kier alpha value is -2.56. The van der Waals surface area contributed by atoms with Crippen LogP contribution < -0.4 is 10.6 Å².